The molecule has 2 amide bonds. The first-order chi connectivity index (χ1) is 8.50. The number of hydrogen-bond acceptors (Lipinski definition) is 3. The number of nitrogens with two attached hydrogens (primary N) is 1. The maximum Gasteiger partial charge on any atom is 0.239 e. The molecule has 1 aliphatic heterocycles. The largest absolute Gasteiger partial charge is 0.350 e. The van der Waals surface area contributed by atoms with Gasteiger partial charge in [-0.2, -0.15) is 0 Å². The molecule has 1 saturated heterocycles. The number of halogens is 1. The molecule has 2 fully saturated rings. The number of carbonyl (C=O) groups is 2. The normalized spacial score (nSPS) is 29.6. The molecule has 0 aromatic rings. The number of rotatable bonds is 2. The Balaban J connectivity index is 0.00000180. The van der Waals surface area contributed by atoms with Gasteiger partial charge in [-0.1, -0.05) is 19.8 Å². The predicted octanol–water partition coefficient (Wildman–Crippen LogP) is 0.661. The summed E-state index contributed by atoms with van der Waals surface area (Å²) in [5.74, 6) is -0.237. The zero-order chi connectivity index (χ0) is 13.3. The quantitative estimate of drug-likeness (QED) is 0.784. The minimum Gasteiger partial charge on any atom is -0.350 e. The first kappa shape index (κ1) is 16.2. The van der Waals surface area contributed by atoms with E-state index >= 15 is 0 Å². The molecule has 19 heavy (non-hydrogen) atoms. The van der Waals surface area contributed by atoms with Crippen LogP contribution in [0.15, 0.2) is 0 Å². The summed E-state index contributed by atoms with van der Waals surface area (Å²) >= 11 is 0. The van der Waals surface area contributed by atoms with Crippen molar-refractivity contribution in [1.29, 1.82) is 0 Å². The van der Waals surface area contributed by atoms with Gasteiger partial charge < -0.3 is 16.0 Å². The van der Waals surface area contributed by atoms with Crippen LogP contribution in [0.1, 0.15) is 39.5 Å². The lowest BCUT2D eigenvalue weighted by Crippen LogP contribution is -2.64. The van der Waals surface area contributed by atoms with Crippen molar-refractivity contribution in [1.82, 2.24) is 10.2 Å². The van der Waals surface area contributed by atoms with Crippen LogP contribution in [0, 0.1) is 5.92 Å². The van der Waals surface area contributed by atoms with Crippen LogP contribution in [0.25, 0.3) is 0 Å². The molecule has 0 aromatic heterocycles. The molecule has 0 bridgehead atoms. The van der Waals surface area contributed by atoms with E-state index in [2.05, 4.69) is 5.32 Å². The SMILES string of the molecule is CC(N)C(C)C(=O)N1CC(=O)NC2CCCCC21.Cl. The second-order valence-electron chi connectivity index (χ2n) is 5.64. The molecule has 0 radical (unpaired) electrons. The molecule has 2 aliphatic rings. The van der Waals surface area contributed by atoms with Gasteiger partial charge in [0.2, 0.25) is 11.8 Å². The number of nitrogens with zero attached hydrogens (tertiary/aromatic N) is 1. The van der Waals surface area contributed by atoms with Gasteiger partial charge in [-0.3, -0.25) is 9.59 Å². The van der Waals surface area contributed by atoms with Crippen LogP contribution in [-0.2, 0) is 9.59 Å². The van der Waals surface area contributed by atoms with E-state index < -0.39 is 0 Å². The number of fused-ring (bicyclic) bond motifs is 1. The fourth-order valence-electron chi connectivity index (χ4n) is 2.90. The molecule has 110 valence electrons. The minimum atomic E-state index is -0.224. The minimum absolute atomic E-state index is 0. The number of carbonyl (C=O) groups excluding carboxylic acids is 2. The number of amides is 2. The van der Waals surface area contributed by atoms with Gasteiger partial charge in [0.05, 0.1) is 18.5 Å². The highest BCUT2D eigenvalue weighted by molar-refractivity contribution is 5.88. The fraction of sp³-hybridized carbons (Fsp3) is 0.846. The summed E-state index contributed by atoms with van der Waals surface area (Å²) in [6.45, 7) is 3.87. The summed E-state index contributed by atoms with van der Waals surface area (Å²) in [5, 5.41) is 3.01. The molecule has 6 heteroatoms. The van der Waals surface area contributed by atoms with Crippen molar-refractivity contribution in [2.75, 3.05) is 6.54 Å². The third kappa shape index (κ3) is 3.39. The summed E-state index contributed by atoms with van der Waals surface area (Å²) in [6, 6.07) is 0.138. The topological polar surface area (TPSA) is 75.4 Å². The van der Waals surface area contributed by atoms with Gasteiger partial charge in [0.1, 0.15) is 0 Å². The summed E-state index contributed by atoms with van der Waals surface area (Å²) in [6.07, 6.45) is 4.23. The predicted molar refractivity (Wildman–Crippen MR) is 76.0 cm³/mol. The Morgan fingerprint density at radius 3 is 2.63 bits per heavy atom. The highest BCUT2D eigenvalue weighted by Crippen LogP contribution is 2.27. The lowest BCUT2D eigenvalue weighted by Gasteiger charge is -2.45. The number of piperazine rings is 1. The molecule has 2 rings (SSSR count). The maximum absolute atomic E-state index is 12.4. The number of hydrogen-bond donors (Lipinski definition) is 2. The van der Waals surface area contributed by atoms with E-state index in [1.165, 1.54) is 0 Å². The zero-order valence-corrected chi connectivity index (χ0v) is 12.4. The molecule has 1 saturated carbocycles. The smallest absolute Gasteiger partial charge is 0.239 e. The zero-order valence-electron chi connectivity index (χ0n) is 11.6. The van der Waals surface area contributed by atoms with Gasteiger partial charge in [-0.15, -0.1) is 12.4 Å². The standard InChI is InChI=1S/C13H23N3O2.ClH/c1-8(9(2)14)13(18)16-7-12(17)15-10-5-3-4-6-11(10)16;/h8-11H,3-7,14H2,1-2H3,(H,15,17);1H. The van der Waals surface area contributed by atoms with Gasteiger partial charge >= 0.3 is 0 Å². The third-order valence-corrected chi connectivity index (χ3v) is 4.25. The van der Waals surface area contributed by atoms with Crippen molar-refractivity contribution in [2.45, 2.75) is 57.7 Å². The molecule has 1 aliphatic carbocycles. The molecule has 1 heterocycles. The van der Waals surface area contributed by atoms with Crippen LogP contribution in [0.5, 0.6) is 0 Å². The van der Waals surface area contributed by atoms with Crippen molar-refractivity contribution in [3.8, 4) is 0 Å². The molecule has 3 N–H and O–H groups in total. The molecule has 4 atom stereocenters. The molecule has 0 aromatic carbocycles. The molecule has 0 spiro atoms. The Hall–Kier alpha value is -0.810. The van der Waals surface area contributed by atoms with Crippen molar-refractivity contribution < 1.29 is 9.59 Å². The van der Waals surface area contributed by atoms with E-state index in [0.717, 1.165) is 25.7 Å². The second kappa shape index (κ2) is 6.57. The summed E-state index contributed by atoms with van der Waals surface area (Å²) < 4.78 is 0. The van der Waals surface area contributed by atoms with Crippen LogP contribution in [0.4, 0.5) is 0 Å². The van der Waals surface area contributed by atoms with Crippen molar-refractivity contribution in [3.05, 3.63) is 0 Å². The van der Waals surface area contributed by atoms with Crippen LogP contribution < -0.4 is 11.1 Å². The monoisotopic (exact) mass is 289 g/mol. The number of nitrogens with one attached hydrogen (secondary N) is 1. The first-order valence-electron chi connectivity index (χ1n) is 6.86. The van der Waals surface area contributed by atoms with Crippen LogP contribution >= 0.6 is 12.4 Å². The lowest BCUT2D eigenvalue weighted by molar-refractivity contribution is -0.147. The Morgan fingerprint density at radius 2 is 2.00 bits per heavy atom. The molecule has 4 unspecified atom stereocenters. The van der Waals surface area contributed by atoms with Crippen molar-refractivity contribution in [2.24, 2.45) is 11.7 Å². The Kier molecular flexibility index (Phi) is 5.62. The van der Waals surface area contributed by atoms with E-state index in [1.807, 2.05) is 13.8 Å². The van der Waals surface area contributed by atoms with Gasteiger partial charge in [-0.05, 0) is 19.8 Å². The average Bonchev–Trinajstić information content (AvgIpc) is 2.35. The summed E-state index contributed by atoms with van der Waals surface area (Å²) in [4.78, 5) is 25.9. The highest BCUT2D eigenvalue weighted by Gasteiger charge is 2.40. The third-order valence-electron chi connectivity index (χ3n) is 4.25. The van der Waals surface area contributed by atoms with E-state index in [9.17, 15) is 9.59 Å². The lowest BCUT2D eigenvalue weighted by atomic mass is 9.86. The molecular formula is C13H24ClN3O2. The van der Waals surface area contributed by atoms with Crippen molar-refractivity contribution in [3.63, 3.8) is 0 Å². The average molecular weight is 290 g/mol. The Labute approximate surface area is 120 Å². The van der Waals surface area contributed by atoms with E-state index in [4.69, 9.17) is 5.73 Å². The summed E-state index contributed by atoms with van der Waals surface area (Å²) in [5.41, 5.74) is 5.80. The van der Waals surface area contributed by atoms with Gasteiger partial charge in [0.25, 0.3) is 0 Å². The Bertz CT molecular complexity index is 349. The van der Waals surface area contributed by atoms with E-state index in [-0.39, 0.29) is 54.8 Å². The highest BCUT2D eigenvalue weighted by atomic mass is 35.5. The van der Waals surface area contributed by atoms with E-state index in [1.54, 1.807) is 4.90 Å². The van der Waals surface area contributed by atoms with E-state index in [0.29, 0.717) is 0 Å². The molecule has 5 nitrogen and oxygen atoms in total. The van der Waals surface area contributed by atoms with Crippen LogP contribution in [0.3, 0.4) is 0 Å². The van der Waals surface area contributed by atoms with Gasteiger partial charge in [-0.25, -0.2) is 0 Å². The van der Waals surface area contributed by atoms with Gasteiger partial charge in [0, 0.05) is 12.1 Å². The fourth-order valence-corrected chi connectivity index (χ4v) is 2.90. The van der Waals surface area contributed by atoms with Crippen LogP contribution in [-0.4, -0.2) is 41.4 Å². The second-order valence-corrected chi connectivity index (χ2v) is 5.64. The summed E-state index contributed by atoms with van der Waals surface area (Å²) in [7, 11) is 0. The van der Waals surface area contributed by atoms with Gasteiger partial charge in [0.15, 0.2) is 0 Å². The van der Waals surface area contributed by atoms with Crippen LogP contribution in [0.2, 0.25) is 0 Å². The Morgan fingerprint density at radius 1 is 1.37 bits per heavy atom. The van der Waals surface area contributed by atoms with Crippen molar-refractivity contribution >= 4 is 24.2 Å². The first-order valence-corrected chi connectivity index (χ1v) is 6.86. The maximum atomic E-state index is 12.4. The molecular weight excluding hydrogens is 266 g/mol.